The zero-order valence-electron chi connectivity index (χ0n) is 9.17. The van der Waals surface area contributed by atoms with Gasteiger partial charge in [-0.15, -0.1) is 6.20 Å². The number of hydrogen-bond acceptors (Lipinski definition) is 3. The van der Waals surface area contributed by atoms with E-state index in [1.807, 2.05) is 6.07 Å². The number of carbonyl (C=O) groups is 2. The molecule has 0 aliphatic rings. The van der Waals surface area contributed by atoms with Gasteiger partial charge in [0.2, 0.25) is 0 Å². The van der Waals surface area contributed by atoms with Crippen LogP contribution in [-0.4, -0.2) is 22.0 Å². The van der Waals surface area contributed by atoms with Crippen LogP contribution < -0.4 is 5.73 Å². The molecule has 1 amide bonds. The second-order valence-electron chi connectivity index (χ2n) is 2.94. The van der Waals surface area contributed by atoms with Crippen molar-refractivity contribution in [3.63, 3.8) is 0 Å². The van der Waals surface area contributed by atoms with Crippen molar-refractivity contribution < 1.29 is 42.3 Å². The minimum atomic E-state index is -0.468. The molecule has 0 aliphatic heterocycles. The maximum Gasteiger partial charge on any atom is 0.250 e. The van der Waals surface area contributed by atoms with Gasteiger partial charge in [0, 0.05) is 32.7 Å². The standard InChI is InChI=1S/C9H8N3O.C2H3O.Y/c1-12-5-6-3-2-4-7(9(10)13)8(6)11-12;1-2-3;/h2-5H,1H2,(H2,10,13);2H,1H2;/q2*-1;. The van der Waals surface area contributed by atoms with Gasteiger partial charge in [0.15, 0.2) is 0 Å². The number of aldehydes is 1. The van der Waals surface area contributed by atoms with Crippen molar-refractivity contribution in [2.75, 3.05) is 0 Å². The van der Waals surface area contributed by atoms with E-state index >= 15 is 0 Å². The second kappa shape index (κ2) is 7.09. The molecule has 2 N–H and O–H groups in total. The Balaban J connectivity index is 0.000000583. The van der Waals surface area contributed by atoms with E-state index in [1.165, 1.54) is 4.68 Å². The van der Waals surface area contributed by atoms with Crippen LogP contribution in [0.4, 0.5) is 0 Å². The van der Waals surface area contributed by atoms with Gasteiger partial charge in [-0.05, 0) is 12.4 Å². The fourth-order valence-corrected chi connectivity index (χ4v) is 1.29. The summed E-state index contributed by atoms with van der Waals surface area (Å²) in [4.78, 5) is 19.7. The van der Waals surface area contributed by atoms with Crippen molar-refractivity contribution in [3.05, 3.63) is 43.9 Å². The summed E-state index contributed by atoms with van der Waals surface area (Å²) < 4.78 is 1.41. The summed E-state index contributed by atoms with van der Waals surface area (Å²) in [7, 11) is 3.61. The SMILES string of the molecule is [CH2-]C=O.[CH2-]n1cc2cccc(C(N)=O)c2n1.[Y]. The van der Waals surface area contributed by atoms with Crippen molar-refractivity contribution in [3.8, 4) is 0 Å². The van der Waals surface area contributed by atoms with Gasteiger partial charge in [-0.1, -0.05) is 17.5 Å². The van der Waals surface area contributed by atoms with Crippen LogP contribution in [0.25, 0.3) is 10.9 Å². The zero-order chi connectivity index (χ0) is 12.1. The molecule has 0 unspecified atom stereocenters. The predicted octanol–water partition coefficient (Wildman–Crippen LogP) is 0.792. The molecule has 1 aromatic heterocycles. The number of carbonyl (C=O) groups excluding carboxylic acids is 2. The van der Waals surface area contributed by atoms with E-state index in [0.717, 1.165) is 5.39 Å². The average Bonchev–Trinajstić information content (AvgIpc) is 2.58. The van der Waals surface area contributed by atoms with Crippen LogP contribution in [-0.2, 0) is 37.5 Å². The normalized spacial score (nSPS) is 8.71. The molecule has 0 aliphatic carbocycles. The van der Waals surface area contributed by atoms with Crippen LogP contribution in [0.3, 0.4) is 0 Å². The fraction of sp³-hybridized carbons (Fsp3) is 0. The van der Waals surface area contributed by atoms with Crippen LogP contribution in [0.15, 0.2) is 24.4 Å². The first kappa shape index (κ1) is 15.7. The molecule has 0 bridgehead atoms. The topological polar surface area (TPSA) is 78.0 Å². The molecule has 1 radical (unpaired) electrons. The van der Waals surface area contributed by atoms with Gasteiger partial charge in [0.05, 0.1) is 11.1 Å². The van der Waals surface area contributed by atoms with Crippen molar-refractivity contribution >= 4 is 23.1 Å². The molecule has 87 valence electrons. The number of aromatic nitrogens is 2. The largest absolute Gasteiger partial charge is 0.407 e. The molecule has 5 nitrogen and oxygen atoms in total. The third-order valence-electron chi connectivity index (χ3n) is 1.85. The number of rotatable bonds is 1. The number of hydrogen-bond donors (Lipinski definition) is 1. The van der Waals surface area contributed by atoms with Gasteiger partial charge in [-0.2, -0.15) is 7.05 Å². The smallest absolute Gasteiger partial charge is 0.250 e. The van der Waals surface area contributed by atoms with E-state index in [1.54, 1.807) is 18.3 Å². The van der Waals surface area contributed by atoms with Gasteiger partial charge in [0.25, 0.3) is 5.91 Å². The first-order valence-corrected chi connectivity index (χ1v) is 4.42. The van der Waals surface area contributed by atoms with Crippen LogP contribution >= 0.6 is 0 Å². The number of primary amides is 1. The van der Waals surface area contributed by atoms with E-state index < -0.39 is 5.91 Å². The Bertz CT molecular complexity index is 522. The van der Waals surface area contributed by atoms with Gasteiger partial charge >= 0.3 is 0 Å². The van der Waals surface area contributed by atoms with Gasteiger partial charge in [-0.25, -0.2) is 5.10 Å². The average molecular weight is 306 g/mol. The molecular formula is C11H11N3O2Y-2. The molecule has 2 aromatic rings. The number of benzene rings is 1. The molecule has 0 atom stereocenters. The number of nitrogens with zero attached hydrogens (tertiary/aromatic N) is 2. The Morgan fingerprint density at radius 1 is 1.47 bits per heavy atom. The molecule has 0 fully saturated rings. The Morgan fingerprint density at radius 3 is 2.59 bits per heavy atom. The van der Waals surface area contributed by atoms with Crippen molar-refractivity contribution in [2.24, 2.45) is 5.73 Å². The monoisotopic (exact) mass is 306 g/mol. The van der Waals surface area contributed by atoms with Crippen LogP contribution in [0.1, 0.15) is 10.4 Å². The van der Waals surface area contributed by atoms with E-state index in [4.69, 9.17) is 10.5 Å². The van der Waals surface area contributed by atoms with Gasteiger partial charge in [-0.3, -0.25) is 4.79 Å². The predicted molar refractivity (Wildman–Crippen MR) is 60.4 cm³/mol. The first-order valence-electron chi connectivity index (χ1n) is 4.42. The molecule has 17 heavy (non-hydrogen) atoms. The van der Waals surface area contributed by atoms with Crippen molar-refractivity contribution in [2.45, 2.75) is 0 Å². The van der Waals surface area contributed by atoms with E-state index in [2.05, 4.69) is 19.1 Å². The summed E-state index contributed by atoms with van der Waals surface area (Å²) in [6.45, 7) is 2.81. The van der Waals surface area contributed by atoms with E-state index in [9.17, 15) is 4.79 Å². The molecule has 1 heterocycles. The van der Waals surface area contributed by atoms with Crippen LogP contribution in [0.5, 0.6) is 0 Å². The molecule has 1 aromatic carbocycles. The minimum Gasteiger partial charge on any atom is -0.407 e. The molecule has 2 rings (SSSR count). The van der Waals surface area contributed by atoms with Crippen molar-refractivity contribution in [1.29, 1.82) is 0 Å². The molecular weight excluding hydrogens is 295 g/mol. The van der Waals surface area contributed by atoms with Crippen LogP contribution in [0.2, 0.25) is 0 Å². The Hall–Kier alpha value is -1.33. The van der Waals surface area contributed by atoms with Crippen molar-refractivity contribution in [1.82, 2.24) is 9.78 Å². The summed E-state index contributed by atoms with van der Waals surface area (Å²) in [6.07, 6.45) is 2.24. The third kappa shape index (κ3) is 3.87. The summed E-state index contributed by atoms with van der Waals surface area (Å²) in [5, 5.41) is 4.91. The molecule has 6 heteroatoms. The zero-order valence-corrected chi connectivity index (χ0v) is 12.0. The Kier molecular flexibility index (Phi) is 6.54. The molecule has 0 saturated carbocycles. The molecule has 0 saturated heterocycles. The van der Waals surface area contributed by atoms with Crippen LogP contribution in [0, 0.1) is 14.0 Å². The van der Waals surface area contributed by atoms with Gasteiger partial charge in [0.1, 0.15) is 0 Å². The molecule has 0 spiro atoms. The summed E-state index contributed by atoms with van der Waals surface area (Å²) in [5.74, 6) is -0.468. The summed E-state index contributed by atoms with van der Waals surface area (Å²) in [6, 6.07) is 5.28. The second-order valence-corrected chi connectivity index (χ2v) is 2.94. The summed E-state index contributed by atoms with van der Waals surface area (Å²) >= 11 is 0. The number of amides is 1. The third-order valence-corrected chi connectivity index (χ3v) is 1.85. The number of nitrogens with two attached hydrogens (primary N) is 1. The summed E-state index contributed by atoms with van der Waals surface area (Å²) in [5.41, 5.74) is 6.21. The quantitative estimate of drug-likeness (QED) is 0.625. The van der Waals surface area contributed by atoms with Gasteiger partial charge < -0.3 is 22.1 Å². The number of fused-ring (bicyclic) bond motifs is 1. The maximum atomic E-state index is 11.0. The maximum absolute atomic E-state index is 11.0. The first-order chi connectivity index (χ1) is 7.60. The Labute approximate surface area is 124 Å². The Morgan fingerprint density at radius 2 is 2.06 bits per heavy atom. The van der Waals surface area contributed by atoms with E-state index in [-0.39, 0.29) is 32.7 Å². The minimum absolute atomic E-state index is 0. The van der Waals surface area contributed by atoms with E-state index in [0.29, 0.717) is 17.4 Å². The fourth-order valence-electron chi connectivity index (χ4n) is 1.29.